The first-order valence-electron chi connectivity index (χ1n) is 14.6. The SMILES string of the molecule is Cc1ccc(COc2cccc(-c3ccc(Cc4nc5ccc(C(=O)O)cc5n4CC4(C5CC5)CC4)c(F)c3)n2)c(F)c1. The van der Waals surface area contributed by atoms with Gasteiger partial charge in [-0.15, -0.1) is 0 Å². The second-order valence-corrected chi connectivity index (χ2v) is 12.0. The third-order valence-electron chi connectivity index (χ3n) is 8.89. The Bertz CT molecular complexity index is 1870. The first-order chi connectivity index (χ1) is 20.8. The number of aromatic carboxylic acids is 1. The molecule has 0 atom stereocenters. The molecule has 7 rings (SSSR count). The van der Waals surface area contributed by atoms with Gasteiger partial charge in [0.25, 0.3) is 0 Å². The molecule has 2 aliphatic rings. The molecule has 2 aromatic heterocycles. The fourth-order valence-corrected chi connectivity index (χ4v) is 6.08. The number of hydrogen-bond acceptors (Lipinski definition) is 4. The van der Waals surface area contributed by atoms with Crippen LogP contribution in [0.15, 0.2) is 72.8 Å². The van der Waals surface area contributed by atoms with Crippen molar-refractivity contribution in [1.82, 2.24) is 14.5 Å². The maximum Gasteiger partial charge on any atom is 0.335 e. The van der Waals surface area contributed by atoms with E-state index in [1.807, 2.05) is 19.1 Å². The number of nitrogens with zero attached hydrogens (tertiary/aromatic N) is 3. The standard InChI is InChI=1S/C35H31F2N3O3/c1-21-5-6-25(27(36)15-21)19-43-33-4-2-3-29(39-33)23-8-7-22(28(37)16-23)18-32-38-30-12-9-24(34(41)42)17-31(30)40(32)20-35(13-14-35)26-10-11-26/h2-9,12,15-17,26H,10-11,13-14,18-20H2,1H3,(H,41,42). The summed E-state index contributed by atoms with van der Waals surface area (Å²) in [7, 11) is 0. The Kier molecular flexibility index (Phi) is 6.72. The van der Waals surface area contributed by atoms with Gasteiger partial charge < -0.3 is 14.4 Å². The number of benzene rings is 3. The summed E-state index contributed by atoms with van der Waals surface area (Å²) in [5.41, 5.74) is 4.87. The van der Waals surface area contributed by atoms with Gasteiger partial charge in [0.2, 0.25) is 5.88 Å². The average Bonchev–Trinajstić information content (AvgIpc) is 3.92. The van der Waals surface area contributed by atoms with Crippen LogP contribution >= 0.6 is 0 Å². The highest BCUT2D eigenvalue weighted by Gasteiger charge is 2.54. The Labute approximate surface area is 248 Å². The number of carboxylic acids is 1. The summed E-state index contributed by atoms with van der Waals surface area (Å²) in [6.07, 6.45) is 5.08. The van der Waals surface area contributed by atoms with Gasteiger partial charge in [-0.25, -0.2) is 23.5 Å². The van der Waals surface area contributed by atoms with E-state index in [0.717, 1.165) is 41.8 Å². The Morgan fingerprint density at radius 1 is 0.977 bits per heavy atom. The lowest BCUT2D eigenvalue weighted by Gasteiger charge is -2.18. The maximum absolute atomic E-state index is 15.6. The topological polar surface area (TPSA) is 77.2 Å². The molecule has 0 amide bonds. The second-order valence-electron chi connectivity index (χ2n) is 12.0. The highest BCUT2D eigenvalue weighted by molar-refractivity contribution is 5.92. The van der Waals surface area contributed by atoms with Gasteiger partial charge in [0, 0.05) is 30.2 Å². The molecule has 0 saturated heterocycles. The zero-order valence-corrected chi connectivity index (χ0v) is 23.8. The molecule has 1 N–H and O–H groups in total. The average molecular weight is 580 g/mol. The van der Waals surface area contributed by atoms with Gasteiger partial charge in [-0.05, 0) is 91.5 Å². The largest absolute Gasteiger partial charge is 0.478 e. The van der Waals surface area contributed by atoms with Crippen molar-refractivity contribution in [2.24, 2.45) is 11.3 Å². The lowest BCUT2D eigenvalue weighted by molar-refractivity contribution is 0.0697. The number of carboxylic acid groups (broad SMARTS) is 1. The normalized spacial score (nSPS) is 15.5. The minimum atomic E-state index is -0.980. The van der Waals surface area contributed by atoms with Crippen LogP contribution < -0.4 is 4.74 Å². The molecule has 5 aromatic rings. The number of halogens is 2. The van der Waals surface area contributed by atoms with Crippen molar-refractivity contribution in [2.75, 3.05) is 0 Å². The van der Waals surface area contributed by atoms with Crippen LogP contribution in [0.4, 0.5) is 8.78 Å². The number of hydrogen-bond donors (Lipinski definition) is 1. The van der Waals surface area contributed by atoms with Crippen molar-refractivity contribution in [1.29, 1.82) is 0 Å². The van der Waals surface area contributed by atoms with Crippen LogP contribution in [0.5, 0.6) is 5.88 Å². The second kappa shape index (κ2) is 10.6. The molecule has 0 bridgehead atoms. The molecular formula is C35H31F2N3O3. The summed E-state index contributed by atoms with van der Waals surface area (Å²) in [5, 5.41) is 9.59. The van der Waals surface area contributed by atoms with E-state index in [1.165, 1.54) is 25.0 Å². The molecule has 2 aliphatic carbocycles. The van der Waals surface area contributed by atoms with Gasteiger partial charge in [0.05, 0.1) is 22.3 Å². The molecule has 0 aliphatic heterocycles. The van der Waals surface area contributed by atoms with Crippen molar-refractivity contribution < 1.29 is 23.4 Å². The van der Waals surface area contributed by atoms with Crippen LogP contribution in [0.1, 0.15) is 58.6 Å². The summed E-state index contributed by atoms with van der Waals surface area (Å²) < 4.78 is 37.7. The van der Waals surface area contributed by atoms with Crippen molar-refractivity contribution in [2.45, 2.75) is 52.2 Å². The van der Waals surface area contributed by atoms with Crippen LogP contribution in [0.3, 0.4) is 0 Å². The third-order valence-corrected chi connectivity index (χ3v) is 8.89. The van der Waals surface area contributed by atoms with E-state index >= 15 is 4.39 Å². The lowest BCUT2D eigenvalue weighted by atomic mass is 10.00. The Morgan fingerprint density at radius 2 is 1.77 bits per heavy atom. The minimum absolute atomic E-state index is 0.0346. The molecule has 218 valence electrons. The molecule has 0 radical (unpaired) electrons. The first kappa shape index (κ1) is 27.3. The molecule has 0 spiro atoms. The number of aryl methyl sites for hydroxylation is 1. The first-order valence-corrected chi connectivity index (χ1v) is 14.6. The zero-order valence-electron chi connectivity index (χ0n) is 23.8. The molecule has 2 fully saturated rings. The van der Waals surface area contributed by atoms with Crippen LogP contribution in [0.25, 0.3) is 22.3 Å². The van der Waals surface area contributed by atoms with E-state index in [0.29, 0.717) is 34.2 Å². The van der Waals surface area contributed by atoms with E-state index in [1.54, 1.807) is 48.5 Å². The number of fused-ring (bicyclic) bond motifs is 1. The van der Waals surface area contributed by atoms with Crippen LogP contribution in [0, 0.1) is 29.9 Å². The van der Waals surface area contributed by atoms with Crippen LogP contribution in [-0.4, -0.2) is 25.6 Å². The van der Waals surface area contributed by atoms with E-state index in [4.69, 9.17) is 9.72 Å². The van der Waals surface area contributed by atoms with Crippen molar-refractivity contribution in [3.63, 3.8) is 0 Å². The summed E-state index contributed by atoms with van der Waals surface area (Å²) >= 11 is 0. The molecule has 8 heteroatoms. The van der Waals surface area contributed by atoms with E-state index in [2.05, 4.69) is 9.55 Å². The van der Waals surface area contributed by atoms with Crippen molar-refractivity contribution in [3.05, 3.63) is 113 Å². The summed E-state index contributed by atoms with van der Waals surface area (Å²) in [6.45, 7) is 2.64. The summed E-state index contributed by atoms with van der Waals surface area (Å²) in [6, 6.07) is 20.3. The van der Waals surface area contributed by atoms with Gasteiger partial charge in [0.15, 0.2) is 0 Å². The monoisotopic (exact) mass is 579 g/mol. The molecule has 0 unspecified atom stereocenters. The smallest absolute Gasteiger partial charge is 0.335 e. The number of rotatable bonds is 10. The lowest BCUT2D eigenvalue weighted by Crippen LogP contribution is -2.16. The number of aromatic nitrogens is 3. The van der Waals surface area contributed by atoms with Crippen LogP contribution in [0.2, 0.25) is 0 Å². The van der Waals surface area contributed by atoms with Gasteiger partial charge in [-0.3, -0.25) is 0 Å². The Hall–Kier alpha value is -4.59. The fraction of sp³-hybridized carbons (Fsp3) is 0.286. The maximum atomic E-state index is 15.6. The number of pyridine rings is 1. The molecule has 2 saturated carbocycles. The highest BCUT2D eigenvalue weighted by atomic mass is 19.1. The number of carbonyl (C=O) groups is 1. The Morgan fingerprint density at radius 3 is 2.49 bits per heavy atom. The molecular weight excluding hydrogens is 548 g/mol. The van der Waals surface area contributed by atoms with E-state index in [9.17, 15) is 14.3 Å². The number of imidazole rings is 1. The van der Waals surface area contributed by atoms with Crippen LogP contribution in [-0.2, 0) is 19.6 Å². The minimum Gasteiger partial charge on any atom is -0.478 e. The van der Waals surface area contributed by atoms with Crippen molar-refractivity contribution >= 4 is 17.0 Å². The molecule has 43 heavy (non-hydrogen) atoms. The molecule has 2 heterocycles. The van der Waals surface area contributed by atoms with Gasteiger partial charge in [0.1, 0.15) is 24.1 Å². The van der Waals surface area contributed by atoms with Crippen molar-refractivity contribution in [3.8, 4) is 17.1 Å². The van der Waals surface area contributed by atoms with E-state index in [-0.39, 0.29) is 35.6 Å². The molecule has 3 aromatic carbocycles. The highest BCUT2D eigenvalue weighted by Crippen LogP contribution is 2.62. The summed E-state index contributed by atoms with van der Waals surface area (Å²) in [4.78, 5) is 21.1. The molecule has 6 nitrogen and oxygen atoms in total. The van der Waals surface area contributed by atoms with Gasteiger partial charge in [-0.2, -0.15) is 0 Å². The quantitative estimate of drug-likeness (QED) is 0.183. The predicted octanol–water partition coefficient (Wildman–Crippen LogP) is 7.74. The predicted molar refractivity (Wildman–Crippen MR) is 159 cm³/mol. The van der Waals surface area contributed by atoms with Gasteiger partial charge >= 0.3 is 5.97 Å². The number of ether oxygens (including phenoxy) is 1. The zero-order chi connectivity index (χ0) is 29.7. The van der Waals surface area contributed by atoms with Gasteiger partial charge in [-0.1, -0.05) is 30.3 Å². The fourth-order valence-electron chi connectivity index (χ4n) is 6.08. The summed E-state index contributed by atoms with van der Waals surface area (Å²) in [5.74, 6) is 0.0743. The Balaban J connectivity index is 1.14. The van der Waals surface area contributed by atoms with E-state index < -0.39 is 5.97 Å². The third kappa shape index (κ3) is 5.49.